The Balaban J connectivity index is 2.60. The molecule has 3 nitrogen and oxygen atoms in total. The Morgan fingerprint density at radius 1 is 1.39 bits per heavy atom. The van der Waals surface area contributed by atoms with Gasteiger partial charge in [-0.25, -0.2) is 13.1 Å². The molecule has 0 radical (unpaired) electrons. The van der Waals surface area contributed by atoms with Gasteiger partial charge in [-0.2, -0.15) is 0 Å². The Labute approximate surface area is 122 Å². The highest BCUT2D eigenvalue weighted by atomic mass is 79.9. The molecule has 1 heterocycles. The van der Waals surface area contributed by atoms with Crippen LogP contribution in [0, 0.1) is 12.8 Å². The Morgan fingerprint density at radius 3 is 2.61 bits per heavy atom. The number of halogens is 1. The standard InChI is InChI=1S/C12H20BrNO2S2/c1-3-4-11(7-8-13)9-14-18(15,16)12-6-5-10(2)17-12/h5-6,11,14H,3-4,7-9H2,1-2H3. The summed E-state index contributed by atoms with van der Waals surface area (Å²) in [4.78, 5) is 1.01. The van der Waals surface area contributed by atoms with Crippen LogP contribution in [0.2, 0.25) is 0 Å². The first-order valence-electron chi connectivity index (χ1n) is 6.11. The van der Waals surface area contributed by atoms with Gasteiger partial charge in [-0.15, -0.1) is 11.3 Å². The minimum Gasteiger partial charge on any atom is -0.210 e. The maximum absolute atomic E-state index is 12.0. The molecule has 104 valence electrons. The Morgan fingerprint density at radius 2 is 2.11 bits per heavy atom. The Bertz CT molecular complexity index is 450. The fraction of sp³-hybridized carbons (Fsp3) is 0.667. The van der Waals surface area contributed by atoms with Crippen molar-refractivity contribution in [2.24, 2.45) is 5.92 Å². The quantitative estimate of drug-likeness (QED) is 0.726. The predicted molar refractivity (Wildman–Crippen MR) is 81.1 cm³/mol. The van der Waals surface area contributed by atoms with Gasteiger partial charge in [0.2, 0.25) is 10.0 Å². The molecule has 18 heavy (non-hydrogen) atoms. The molecule has 1 atom stereocenters. The molecule has 0 bridgehead atoms. The van der Waals surface area contributed by atoms with Crippen LogP contribution in [0.3, 0.4) is 0 Å². The number of alkyl halides is 1. The first kappa shape index (κ1) is 16.1. The maximum Gasteiger partial charge on any atom is 0.250 e. The van der Waals surface area contributed by atoms with E-state index in [0.717, 1.165) is 29.5 Å². The first-order valence-corrected chi connectivity index (χ1v) is 9.53. The molecule has 0 aliphatic rings. The van der Waals surface area contributed by atoms with Gasteiger partial charge in [0.05, 0.1) is 0 Å². The van der Waals surface area contributed by atoms with Crippen molar-refractivity contribution in [3.05, 3.63) is 17.0 Å². The largest absolute Gasteiger partial charge is 0.250 e. The van der Waals surface area contributed by atoms with E-state index in [9.17, 15) is 8.42 Å². The van der Waals surface area contributed by atoms with Gasteiger partial charge >= 0.3 is 0 Å². The maximum atomic E-state index is 12.0. The van der Waals surface area contributed by atoms with Crippen LogP contribution >= 0.6 is 27.3 Å². The second kappa shape index (κ2) is 7.62. The summed E-state index contributed by atoms with van der Waals surface area (Å²) in [5.41, 5.74) is 0. The first-order chi connectivity index (χ1) is 8.49. The van der Waals surface area contributed by atoms with Crippen LogP contribution in [-0.2, 0) is 10.0 Å². The fourth-order valence-electron chi connectivity index (χ4n) is 1.77. The highest BCUT2D eigenvalue weighted by Crippen LogP contribution is 2.21. The zero-order valence-electron chi connectivity index (χ0n) is 10.8. The minimum atomic E-state index is -3.32. The van der Waals surface area contributed by atoms with Crippen molar-refractivity contribution in [1.82, 2.24) is 4.72 Å². The van der Waals surface area contributed by atoms with Crippen molar-refractivity contribution < 1.29 is 8.42 Å². The van der Waals surface area contributed by atoms with E-state index in [1.54, 1.807) is 6.07 Å². The molecular formula is C12H20BrNO2S2. The van der Waals surface area contributed by atoms with E-state index >= 15 is 0 Å². The van der Waals surface area contributed by atoms with Crippen molar-refractivity contribution in [1.29, 1.82) is 0 Å². The summed E-state index contributed by atoms with van der Waals surface area (Å²) in [5.74, 6) is 0.408. The van der Waals surface area contributed by atoms with Crippen LogP contribution in [0.25, 0.3) is 0 Å². The topological polar surface area (TPSA) is 46.2 Å². The van der Waals surface area contributed by atoms with Crippen molar-refractivity contribution in [2.75, 3.05) is 11.9 Å². The molecule has 1 unspecified atom stereocenters. The predicted octanol–water partition coefficient (Wildman–Crippen LogP) is 3.54. The van der Waals surface area contributed by atoms with E-state index in [1.807, 2.05) is 13.0 Å². The fourth-order valence-corrected chi connectivity index (χ4v) is 4.86. The molecule has 0 spiro atoms. The van der Waals surface area contributed by atoms with Crippen LogP contribution in [0.4, 0.5) is 0 Å². The zero-order chi connectivity index (χ0) is 13.6. The highest BCUT2D eigenvalue weighted by Gasteiger charge is 2.17. The second-order valence-corrected chi connectivity index (χ2v) is 8.42. The van der Waals surface area contributed by atoms with Gasteiger partial charge in [-0.1, -0.05) is 29.3 Å². The molecule has 0 amide bonds. The van der Waals surface area contributed by atoms with Gasteiger partial charge in [-0.05, 0) is 37.8 Å². The van der Waals surface area contributed by atoms with Gasteiger partial charge in [0.25, 0.3) is 0 Å². The van der Waals surface area contributed by atoms with E-state index in [4.69, 9.17) is 0 Å². The van der Waals surface area contributed by atoms with Gasteiger partial charge in [0.15, 0.2) is 0 Å². The van der Waals surface area contributed by atoms with Crippen molar-refractivity contribution in [3.8, 4) is 0 Å². The number of thiophene rings is 1. The summed E-state index contributed by atoms with van der Waals surface area (Å²) in [6.07, 6.45) is 3.13. The third kappa shape index (κ3) is 4.99. The third-order valence-electron chi connectivity index (χ3n) is 2.76. The Kier molecular flexibility index (Phi) is 6.84. The number of rotatable bonds is 8. The summed E-state index contributed by atoms with van der Waals surface area (Å²) in [7, 11) is -3.32. The van der Waals surface area contributed by atoms with Gasteiger partial charge in [-0.3, -0.25) is 0 Å². The van der Waals surface area contributed by atoms with Crippen LogP contribution < -0.4 is 4.72 Å². The molecule has 1 rings (SSSR count). The van der Waals surface area contributed by atoms with Crippen LogP contribution in [0.15, 0.2) is 16.3 Å². The average Bonchev–Trinajstić information content (AvgIpc) is 2.74. The lowest BCUT2D eigenvalue weighted by molar-refractivity contribution is 0.459. The summed E-state index contributed by atoms with van der Waals surface area (Å²) in [5, 5.41) is 0.914. The molecular weight excluding hydrogens is 334 g/mol. The number of sulfonamides is 1. The van der Waals surface area contributed by atoms with Gasteiger partial charge in [0, 0.05) is 16.8 Å². The molecule has 0 fully saturated rings. The van der Waals surface area contributed by atoms with Crippen LogP contribution in [0.1, 0.15) is 31.1 Å². The molecule has 0 saturated heterocycles. The molecule has 0 aliphatic heterocycles. The lowest BCUT2D eigenvalue weighted by Gasteiger charge is -2.15. The Hall–Kier alpha value is 0.0900. The SMILES string of the molecule is CCCC(CCBr)CNS(=O)(=O)c1ccc(C)s1. The lowest BCUT2D eigenvalue weighted by Crippen LogP contribution is -2.29. The highest BCUT2D eigenvalue weighted by molar-refractivity contribution is 9.09. The monoisotopic (exact) mass is 353 g/mol. The van der Waals surface area contributed by atoms with Crippen molar-refractivity contribution in [2.45, 2.75) is 37.3 Å². The third-order valence-corrected chi connectivity index (χ3v) is 6.13. The number of nitrogens with one attached hydrogen (secondary N) is 1. The van der Waals surface area contributed by atoms with E-state index in [0.29, 0.717) is 16.7 Å². The van der Waals surface area contributed by atoms with E-state index < -0.39 is 10.0 Å². The molecule has 1 aromatic rings. The molecule has 6 heteroatoms. The smallest absolute Gasteiger partial charge is 0.210 e. The summed E-state index contributed by atoms with van der Waals surface area (Å²) >= 11 is 4.73. The molecule has 0 aromatic carbocycles. The van der Waals surface area contributed by atoms with E-state index in [-0.39, 0.29) is 0 Å². The summed E-state index contributed by atoms with van der Waals surface area (Å²) in [6, 6.07) is 3.50. The van der Waals surface area contributed by atoms with Crippen molar-refractivity contribution in [3.63, 3.8) is 0 Å². The number of hydrogen-bond acceptors (Lipinski definition) is 3. The normalized spacial score (nSPS) is 13.7. The van der Waals surface area contributed by atoms with Crippen LogP contribution in [0.5, 0.6) is 0 Å². The minimum absolute atomic E-state index is 0.408. The van der Waals surface area contributed by atoms with Gasteiger partial charge < -0.3 is 0 Å². The molecule has 0 saturated carbocycles. The van der Waals surface area contributed by atoms with E-state index in [1.165, 1.54) is 11.3 Å². The average molecular weight is 354 g/mol. The summed E-state index contributed by atoms with van der Waals surface area (Å²) < 4.78 is 27.2. The zero-order valence-corrected chi connectivity index (χ0v) is 14.0. The van der Waals surface area contributed by atoms with E-state index in [2.05, 4.69) is 27.6 Å². The number of aryl methyl sites for hydroxylation is 1. The molecule has 1 N–H and O–H groups in total. The van der Waals surface area contributed by atoms with Crippen molar-refractivity contribution >= 4 is 37.3 Å². The number of hydrogen-bond donors (Lipinski definition) is 1. The van der Waals surface area contributed by atoms with Crippen LogP contribution in [-0.4, -0.2) is 20.3 Å². The second-order valence-electron chi connectivity index (χ2n) is 4.35. The molecule has 0 aliphatic carbocycles. The lowest BCUT2D eigenvalue weighted by atomic mass is 10.0. The van der Waals surface area contributed by atoms with Gasteiger partial charge in [0.1, 0.15) is 4.21 Å². The molecule has 1 aromatic heterocycles. The summed E-state index contributed by atoms with van der Waals surface area (Å²) in [6.45, 7) is 4.56.